The predicted molar refractivity (Wildman–Crippen MR) is 114 cm³/mol. The van der Waals surface area contributed by atoms with Gasteiger partial charge in [-0.3, -0.25) is 24.3 Å². The molecule has 2 amide bonds. The quantitative estimate of drug-likeness (QED) is 0.708. The number of hydrogen-bond acceptors (Lipinski definition) is 4. The van der Waals surface area contributed by atoms with Gasteiger partial charge in [0, 0.05) is 32.7 Å². The molecule has 5 nitrogen and oxygen atoms in total. The number of imide groups is 1. The zero-order valence-electron chi connectivity index (χ0n) is 17.6. The minimum absolute atomic E-state index is 0.154. The van der Waals surface area contributed by atoms with Crippen molar-refractivity contribution in [2.45, 2.75) is 33.7 Å². The number of benzene rings is 2. The van der Waals surface area contributed by atoms with Crippen LogP contribution in [0.2, 0.25) is 0 Å². The third kappa shape index (κ3) is 3.98. The van der Waals surface area contributed by atoms with E-state index in [0.29, 0.717) is 17.7 Å². The molecule has 0 spiro atoms. The molecule has 0 bridgehead atoms. The van der Waals surface area contributed by atoms with Gasteiger partial charge in [0.1, 0.15) is 0 Å². The summed E-state index contributed by atoms with van der Waals surface area (Å²) in [6, 6.07) is 11.6. The standard InChI is InChI=1S/C24H29N3O2/c1-17-13-18(2)22(19(3)14-17)15-26-12-11-25(16-26)9-6-10-27-23(28)20-7-4-5-8-21(20)24(27)29/h4-5,7-8,13-14H,6,9-12,15-16H2,1-3H3. The van der Waals surface area contributed by atoms with E-state index in [2.05, 4.69) is 42.7 Å². The van der Waals surface area contributed by atoms with Gasteiger partial charge in [-0.1, -0.05) is 29.8 Å². The van der Waals surface area contributed by atoms with Crippen LogP contribution in [0.5, 0.6) is 0 Å². The molecule has 0 saturated carbocycles. The zero-order chi connectivity index (χ0) is 20.5. The molecule has 0 atom stereocenters. The summed E-state index contributed by atoms with van der Waals surface area (Å²) in [7, 11) is 0. The summed E-state index contributed by atoms with van der Waals surface area (Å²) < 4.78 is 0. The Kier molecular flexibility index (Phi) is 5.52. The largest absolute Gasteiger partial charge is 0.289 e. The van der Waals surface area contributed by atoms with E-state index in [1.54, 1.807) is 12.1 Å². The maximum absolute atomic E-state index is 12.5. The lowest BCUT2D eigenvalue weighted by Gasteiger charge is -2.21. The molecule has 0 aliphatic carbocycles. The summed E-state index contributed by atoms with van der Waals surface area (Å²) in [6.45, 7) is 11.9. The monoisotopic (exact) mass is 391 g/mol. The van der Waals surface area contributed by atoms with Crippen molar-refractivity contribution in [1.82, 2.24) is 14.7 Å². The van der Waals surface area contributed by atoms with Gasteiger partial charge in [-0.2, -0.15) is 0 Å². The Morgan fingerprint density at radius 2 is 1.41 bits per heavy atom. The van der Waals surface area contributed by atoms with Gasteiger partial charge in [-0.05, 0) is 56.0 Å². The molecule has 152 valence electrons. The van der Waals surface area contributed by atoms with Gasteiger partial charge in [-0.15, -0.1) is 0 Å². The highest BCUT2D eigenvalue weighted by atomic mass is 16.2. The molecule has 0 unspecified atom stereocenters. The average molecular weight is 392 g/mol. The van der Waals surface area contributed by atoms with Gasteiger partial charge in [0.05, 0.1) is 17.8 Å². The Morgan fingerprint density at radius 1 is 0.828 bits per heavy atom. The first-order valence-corrected chi connectivity index (χ1v) is 10.4. The fourth-order valence-corrected chi connectivity index (χ4v) is 4.60. The molecule has 2 aliphatic heterocycles. The third-order valence-corrected chi connectivity index (χ3v) is 6.09. The Balaban J connectivity index is 1.28. The van der Waals surface area contributed by atoms with Crippen LogP contribution in [0.3, 0.4) is 0 Å². The van der Waals surface area contributed by atoms with Crippen molar-refractivity contribution >= 4 is 11.8 Å². The van der Waals surface area contributed by atoms with E-state index in [4.69, 9.17) is 0 Å². The Bertz CT molecular complexity index is 895. The van der Waals surface area contributed by atoms with Crippen LogP contribution in [0.1, 0.15) is 49.4 Å². The van der Waals surface area contributed by atoms with E-state index in [-0.39, 0.29) is 11.8 Å². The molecule has 0 aromatic heterocycles. The van der Waals surface area contributed by atoms with E-state index in [9.17, 15) is 9.59 Å². The molecule has 1 fully saturated rings. The highest BCUT2D eigenvalue weighted by molar-refractivity contribution is 6.21. The minimum Gasteiger partial charge on any atom is -0.289 e. The van der Waals surface area contributed by atoms with Gasteiger partial charge < -0.3 is 0 Å². The second-order valence-corrected chi connectivity index (χ2v) is 8.35. The molecular weight excluding hydrogens is 362 g/mol. The van der Waals surface area contributed by atoms with Crippen LogP contribution in [0, 0.1) is 20.8 Å². The molecule has 2 aliphatic rings. The summed E-state index contributed by atoms with van der Waals surface area (Å²) in [6.07, 6.45) is 0.807. The molecule has 0 radical (unpaired) electrons. The van der Waals surface area contributed by atoms with Gasteiger partial charge in [0.2, 0.25) is 0 Å². The van der Waals surface area contributed by atoms with Crippen LogP contribution in [0.4, 0.5) is 0 Å². The summed E-state index contributed by atoms with van der Waals surface area (Å²) in [5, 5.41) is 0. The topological polar surface area (TPSA) is 43.9 Å². The lowest BCUT2D eigenvalue weighted by molar-refractivity contribution is 0.0647. The fourth-order valence-electron chi connectivity index (χ4n) is 4.60. The zero-order valence-corrected chi connectivity index (χ0v) is 17.6. The minimum atomic E-state index is -0.154. The van der Waals surface area contributed by atoms with Crippen LogP contribution in [-0.4, -0.2) is 59.4 Å². The molecular formula is C24H29N3O2. The van der Waals surface area contributed by atoms with E-state index in [1.807, 2.05) is 12.1 Å². The average Bonchev–Trinajstić information content (AvgIpc) is 3.23. The van der Waals surface area contributed by atoms with E-state index < -0.39 is 0 Å². The number of fused-ring (bicyclic) bond motifs is 1. The van der Waals surface area contributed by atoms with Crippen LogP contribution in [0.25, 0.3) is 0 Å². The first kappa shape index (κ1) is 19.8. The number of nitrogens with zero attached hydrogens (tertiary/aromatic N) is 3. The second-order valence-electron chi connectivity index (χ2n) is 8.35. The van der Waals surface area contributed by atoms with Crippen molar-refractivity contribution in [3.05, 3.63) is 69.8 Å². The van der Waals surface area contributed by atoms with Crippen LogP contribution < -0.4 is 0 Å². The molecule has 2 aromatic rings. The summed E-state index contributed by atoms with van der Waals surface area (Å²) in [5.74, 6) is -0.307. The molecule has 29 heavy (non-hydrogen) atoms. The molecule has 1 saturated heterocycles. The van der Waals surface area contributed by atoms with E-state index in [1.165, 1.54) is 27.2 Å². The Labute approximate surface area is 172 Å². The first-order valence-electron chi connectivity index (χ1n) is 10.4. The van der Waals surface area contributed by atoms with Crippen molar-refractivity contribution in [2.24, 2.45) is 0 Å². The number of carbonyl (C=O) groups is 2. The fraction of sp³-hybridized carbons (Fsp3) is 0.417. The summed E-state index contributed by atoms with van der Waals surface area (Å²) in [4.78, 5) is 31.2. The Morgan fingerprint density at radius 3 is 2.03 bits per heavy atom. The number of rotatable bonds is 6. The molecule has 4 rings (SSSR count). The highest BCUT2D eigenvalue weighted by Crippen LogP contribution is 2.23. The molecule has 0 N–H and O–H groups in total. The van der Waals surface area contributed by atoms with Crippen molar-refractivity contribution in [1.29, 1.82) is 0 Å². The van der Waals surface area contributed by atoms with Gasteiger partial charge >= 0.3 is 0 Å². The van der Waals surface area contributed by atoms with Gasteiger partial charge in [-0.25, -0.2) is 0 Å². The number of amides is 2. The number of aryl methyl sites for hydroxylation is 3. The lowest BCUT2D eigenvalue weighted by Crippen LogP contribution is -2.33. The normalized spacial score (nSPS) is 17.4. The molecule has 2 heterocycles. The first-order chi connectivity index (χ1) is 13.9. The van der Waals surface area contributed by atoms with Crippen molar-refractivity contribution in [2.75, 3.05) is 32.8 Å². The number of carbonyl (C=O) groups excluding carboxylic acids is 2. The van der Waals surface area contributed by atoms with E-state index >= 15 is 0 Å². The summed E-state index contributed by atoms with van der Waals surface area (Å²) >= 11 is 0. The highest BCUT2D eigenvalue weighted by Gasteiger charge is 2.34. The van der Waals surface area contributed by atoms with Crippen LogP contribution >= 0.6 is 0 Å². The SMILES string of the molecule is Cc1cc(C)c(CN2CCN(CCCN3C(=O)c4ccccc4C3=O)C2)c(C)c1. The smallest absolute Gasteiger partial charge is 0.261 e. The second kappa shape index (κ2) is 8.09. The summed E-state index contributed by atoms with van der Waals surface area (Å²) in [5.41, 5.74) is 6.56. The van der Waals surface area contributed by atoms with Crippen molar-refractivity contribution in [3.63, 3.8) is 0 Å². The van der Waals surface area contributed by atoms with E-state index in [0.717, 1.165) is 39.3 Å². The van der Waals surface area contributed by atoms with Crippen molar-refractivity contribution in [3.8, 4) is 0 Å². The van der Waals surface area contributed by atoms with Gasteiger partial charge in [0.15, 0.2) is 0 Å². The third-order valence-electron chi connectivity index (χ3n) is 6.09. The maximum atomic E-state index is 12.5. The lowest BCUT2D eigenvalue weighted by atomic mass is 9.99. The van der Waals surface area contributed by atoms with Crippen molar-refractivity contribution < 1.29 is 9.59 Å². The Hall–Kier alpha value is -2.50. The maximum Gasteiger partial charge on any atom is 0.261 e. The predicted octanol–water partition coefficient (Wildman–Crippen LogP) is 3.37. The van der Waals surface area contributed by atoms with Crippen LogP contribution in [-0.2, 0) is 6.54 Å². The molecule has 2 aromatic carbocycles. The van der Waals surface area contributed by atoms with Crippen LogP contribution in [0.15, 0.2) is 36.4 Å². The molecule has 5 heteroatoms. The van der Waals surface area contributed by atoms with Gasteiger partial charge in [0.25, 0.3) is 11.8 Å². The number of hydrogen-bond donors (Lipinski definition) is 0.